The van der Waals surface area contributed by atoms with Crippen molar-refractivity contribution >= 4 is 17.4 Å². The van der Waals surface area contributed by atoms with Crippen molar-refractivity contribution in [3.8, 4) is 0 Å². The predicted octanol–water partition coefficient (Wildman–Crippen LogP) is 0.160. The highest BCUT2D eigenvalue weighted by molar-refractivity contribution is 5.93. The first kappa shape index (κ1) is 13.4. The summed E-state index contributed by atoms with van der Waals surface area (Å²) in [4.78, 5) is 15.3. The van der Waals surface area contributed by atoms with E-state index in [9.17, 15) is 4.79 Å². The van der Waals surface area contributed by atoms with E-state index in [-0.39, 0.29) is 5.91 Å². The number of pyridine rings is 1. The molecule has 2 atom stereocenters. The highest BCUT2D eigenvalue weighted by Gasteiger charge is 2.07. The summed E-state index contributed by atoms with van der Waals surface area (Å²) in [5.41, 5.74) is 6.20. The molecule has 1 amide bonds. The maximum atomic E-state index is 11.3. The van der Waals surface area contributed by atoms with Crippen molar-refractivity contribution < 1.29 is 9.90 Å². The molecule has 1 heterocycles. The SMILES string of the molecule is CC(O)CNc1ccc(NC(=O)C(C)N)nc1. The summed E-state index contributed by atoms with van der Waals surface area (Å²) >= 11 is 0. The first-order chi connectivity index (χ1) is 7.99. The Morgan fingerprint density at radius 1 is 1.53 bits per heavy atom. The molecule has 6 nitrogen and oxygen atoms in total. The van der Waals surface area contributed by atoms with Crippen LogP contribution in [0.1, 0.15) is 13.8 Å². The zero-order valence-corrected chi connectivity index (χ0v) is 9.97. The molecular weight excluding hydrogens is 220 g/mol. The van der Waals surface area contributed by atoms with Gasteiger partial charge in [-0.2, -0.15) is 0 Å². The molecule has 0 saturated carbocycles. The highest BCUT2D eigenvalue weighted by atomic mass is 16.3. The lowest BCUT2D eigenvalue weighted by molar-refractivity contribution is -0.117. The maximum absolute atomic E-state index is 11.3. The van der Waals surface area contributed by atoms with Gasteiger partial charge in [-0.3, -0.25) is 4.79 Å². The van der Waals surface area contributed by atoms with Crippen LogP contribution in [-0.2, 0) is 4.79 Å². The van der Waals surface area contributed by atoms with Crippen LogP contribution in [0.3, 0.4) is 0 Å². The zero-order valence-electron chi connectivity index (χ0n) is 9.97. The number of carbonyl (C=O) groups is 1. The molecule has 0 radical (unpaired) electrons. The Morgan fingerprint density at radius 3 is 2.71 bits per heavy atom. The van der Waals surface area contributed by atoms with Crippen molar-refractivity contribution in [2.45, 2.75) is 26.0 Å². The van der Waals surface area contributed by atoms with Crippen LogP contribution in [0.25, 0.3) is 0 Å². The molecule has 2 unspecified atom stereocenters. The Bertz CT molecular complexity index is 362. The first-order valence-corrected chi connectivity index (χ1v) is 5.43. The van der Waals surface area contributed by atoms with Crippen LogP contribution in [0, 0.1) is 0 Å². The molecule has 0 bridgehead atoms. The Balaban J connectivity index is 2.53. The Labute approximate surface area is 100 Å². The van der Waals surface area contributed by atoms with Gasteiger partial charge in [0.1, 0.15) is 5.82 Å². The average molecular weight is 238 g/mol. The Hall–Kier alpha value is -1.66. The van der Waals surface area contributed by atoms with Crippen molar-refractivity contribution in [1.29, 1.82) is 0 Å². The fourth-order valence-electron chi connectivity index (χ4n) is 1.08. The monoisotopic (exact) mass is 238 g/mol. The molecule has 17 heavy (non-hydrogen) atoms. The lowest BCUT2D eigenvalue weighted by Gasteiger charge is -2.10. The lowest BCUT2D eigenvalue weighted by atomic mass is 10.3. The van der Waals surface area contributed by atoms with Gasteiger partial charge in [0.2, 0.25) is 5.91 Å². The van der Waals surface area contributed by atoms with E-state index in [2.05, 4.69) is 15.6 Å². The smallest absolute Gasteiger partial charge is 0.242 e. The number of aliphatic hydroxyl groups is 1. The van der Waals surface area contributed by atoms with Crippen LogP contribution in [0.2, 0.25) is 0 Å². The number of hydrogen-bond donors (Lipinski definition) is 4. The van der Waals surface area contributed by atoms with E-state index < -0.39 is 12.1 Å². The maximum Gasteiger partial charge on any atom is 0.242 e. The lowest BCUT2D eigenvalue weighted by Crippen LogP contribution is -2.32. The molecule has 0 spiro atoms. The van der Waals surface area contributed by atoms with E-state index in [0.29, 0.717) is 12.4 Å². The fourth-order valence-corrected chi connectivity index (χ4v) is 1.08. The highest BCUT2D eigenvalue weighted by Crippen LogP contribution is 2.09. The van der Waals surface area contributed by atoms with Gasteiger partial charge in [-0.25, -0.2) is 4.98 Å². The Kier molecular flexibility index (Phi) is 4.86. The zero-order chi connectivity index (χ0) is 12.8. The molecule has 1 aromatic heterocycles. The number of nitrogens with zero attached hydrogens (tertiary/aromatic N) is 1. The predicted molar refractivity (Wildman–Crippen MR) is 66.7 cm³/mol. The minimum atomic E-state index is -0.565. The third kappa shape index (κ3) is 4.80. The summed E-state index contributed by atoms with van der Waals surface area (Å²) in [6.07, 6.45) is 1.16. The van der Waals surface area contributed by atoms with Crippen LogP contribution in [0.5, 0.6) is 0 Å². The van der Waals surface area contributed by atoms with Gasteiger partial charge in [-0.05, 0) is 26.0 Å². The van der Waals surface area contributed by atoms with E-state index in [1.807, 2.05) is 0 Å². The van der Waals surface area contributed by atoms with Crippen LogP contribution in [0.15, 0.2) is 18.3 Å². The van der Waals surface area contributed by atoms with E-state index >= 15 is 0 Å². The molecule has 6 heteroatoms. The van der Waals surface area contributed by atoms with Crippen molar-refractivity contribution in [1.82, 2.24) is 4.98 Å². The molecular formula is C11H18N4O2. The number of amides is 1. The fraction of sp³-hybridized carbons (Fsp3) is 0.455. The molecule has 0 aliphatic rings. The number of aromatic nitrogens is 1. The van der Waals surface area contributed by atoms with Crippen molar-refractivity contribution in [3.63, 3.8) is 0 Å². The molecule has 0 aliphatic carbocycles. The number of hydrogen-bond acceptors (Lipinski definition) is 5. The third-order valence-electron chi connectivity index (χ3n) is 2.03. The quantitative estimate of drug-likeness (QED) is 0.585. The summed E-state index contributed by atoms with van der Waals surface area (Å²) in [6, 6.07) is 2.88. The van der Waals surface area contributed by atoms with Gasteiger partial charge in [-0.1, -0.05) is 0 Å². The number of aliphatic hydroxyl groups excluding tert-OH is 1. The van der Waals surface area contributed by atoms with E-state index in [1.165, 1.54) is 0 Å². The number of rotatable bonds is 5. The normalized spacial score (nSPS) is 13.9. The van der Waals surface area contributed by atoms with Crippen molar-refractivity contribution in [3.05, 3.63) is 18.3 Å². The third-order valence-corrected chi connectivity index (χ3v) is 2.03. The van der Waals surface area contributed by atoms with Gasteiger partial charge < -0.3 is 21.5 Å². The summed E-state index contributed by atoms with van der Waals surface area (Å²) in [6.45, 7) is 3.75. The van der Waals surface area contributed by atoms with Crippen LogP contribution >= 0.6 is 0 Å². The number of nitrogens with two attached hydrogens (primary N) is 1. The summed E-state index contributed by atoms with van der Waals surface area (Å²) in [7, 11) is 0. The second kappa shape index (κ2) is 6.17. The minimum absolute atomic E-state index is 0.276. The second-order valence-corrected chi connectivity index (χ2v) is 3.94. The summed E-state index contributed by atoms with van der Waals surface area (Å²) < 4.78 is 0. The second-order valence-electron chi connectivity index (χ2n) is 3.94. The van der Waals surface area contributed by atoms with Crippen LogP contribution < -0.4 is 16.4 Å². The molecule has 1 rings (SSSR count). The van der Waals surface area contributed by atoms with Gasteiger partial charge in [0, 0.05) is 6.54 Å². The molecule has 0 aliphatic heterocycles. The molecule has 0 saturated heterocycles. The summed E-state index contributed by atoms with van der Waals surface area (Å²) in [5, 5.41) is 14.7. The molecule has 5 N–H and O–H groups in total. The van der Waals surface area contributed by atoms with Gasteiger partial charge >= 0.3 is 0 Å². The molecule has 0 aromatic carbocycles. The molecule has 94 valence electrons. The van der Waals surface area contributed by atoms with Crippen molar-refractivity contribution in [2.75, 3.05) is 17.2 Å². The van der Waals surface area contributed by atoms with Crippen LogP contribution in [-0.4, -0.2) is 34.7 Å². The first-order valence-electron chi connectivity index (χ1n) is 5.43. The largest absolute Gasteiger partial charge is 0.392 e. The number of carbonyl (C=O) groups excluding carboxylic acids is 1. The summed E-state index contributed by atoms with van der Waals surface area (Å²) in [5.74, 6) is 0.178. The van der Waals surface area contributed by atoms with Gasteiger partial charge in [0.15, 0.2) is 0 Å². The van der Waals surface area contributed by atoms with E-state index in [1.54, 1.807) is 32.2 Å². The van der Waals surface area contributed by atoms with E-state index in [4.69, 9.17) is 10.8 Å². The minimum Gasteiger partial charge on any atom is -0.392 e. The Morgan fingerprint density at radius 2 is 2.24 bits per heavy atom. The standard InChI is InChI=1S/C11H18N4O2/c1-7(16)5-13-9-3-4-10(14-6-9)15-11(17)8(2)12/h3-4,6-8,13,16H,5,12H2,1-2H3,(H,14,15,17). The average Bonchev–Trinajstić information content (AvgIpc) is 2.28. The molecule has 0 fully saturated rings. The molecule has 1 aromatic rings. The van der Waals surface area contributed by atoms with Gasteiger partial charge in [-0.15, -0.1) is 0 Å². The van der Waals surface area contributed by atoms with Crippen LogP contribution in [0.4, 0.5) is 11.5 Å². The topological polar surface area (TPSA) is 100 Å². The number of nitrogens with one attached hydrogen (secondary N) is 2. The van der Waals surface area contributed by atoms with Gasteiger partial charge in [0.05, 0.1) is 24.0 Å². The van der Waals surface area contributed by atoms with Gasteiger partial charge in [0.25, 0.3) is 0 Å². The number of anilines is 2. The van der Waals surface area contributed by atoms with E-state index in [0.717, 1.165) is 5.69 Å². The van der Waals surface area contributed by atoms with Crippen molar-refractivity contribution in [2.24, 2.45) is 5.73 Å².